The SMILES string of the molecule is Cc1ccc(O)c(C(=O)N2CCC(C(N)=O)CC2)c1. The number of hydrogen-bond acceptors (Lipinski definition) is 3. The second-order valence-electron chi connectivity index (χ2n) is 4.99. The number of likely N-dealkylation sites (tertiary alicyclic amines) is 1. The van der Waals surface area contributed by atoms with Crippen molar-refractivity contribution >= 4 is 11.8 Å². The Kier molecular flexibility index (Phi) is 3.74. The molecule has 1 fully saturated rings. The van der Waals surface area contributed by atoms with E-state index in [1.807, 2.05) is 6.92 Å². The number of carbonyl (C=O) groups excluding carboxylic acids is 2. The number of benzene rings is 1. The van der Waals surface area contributed by atoms with Crippen LogP contribution in [0.25, 0.3) is 0 Å². The molecule has 2 amide bonds. The van der Waals surface area contributed by atoms with Gasteiger partial charge in [0.15, 0.2) is 0 Å². The first-order chi connectivity index (χ1) is 8.99. The van der Waals surface area contributed by atoms with Crippen LogP contribution in [0.2, 0.25) is 0 Å². The van der Waals surface area contributed by atoms with Crippen molar-refractivity contribution in [3.05, 3.63) is 29.3 Å². The standard InChI is InChI=1S/C14H18N2O3/c1-9-2-3-12(17)11(8-9)14(19)16-6-4-10(5-7-16)13(15)18/h2-3,8,10,17H,4-7H2,1H3,(H2,15,18). The molecule has 1 aromatic rings. The molecule has 0 bridgehead atoms. The number of rotatable bonds is 2. The zero-order valence-electron chi connectivity index (χ0n) is 10.9. The van der Waals surface area contributed by atoms with E-state index in [0.29, 0.717) is 31.5 Å². The lowest BCUT2D eigenvalue weighted by Gasteiger charge is -2.30. The normalized spacial score (nSPS) is 16.4. The van der Waals surface area contributed by atoms with Crippen LogP contribution in [0.1, 0.15) is 28.8 Å². The fourth-order valence-corrected chi connectivity index (χ4v) is 2.36. The largest absolute Gasteiger partial charge is 0.507 e. The molecule has 5 heteroatoms. The van der Waals surface area contributed by atoms with Crippen LogP contribution in [-0.4, -0.2) is 34.9 Å². The van der Waals surface area contributed by atoms with Crippen LogP contribution in [0.5, 0.6) is 5.75 Å². The Morgan fingerprint density at radius 1 is 1.32 bits per heavy atom. The third-order valence-corrected chi connectivity index (χ3v) is 3.57. The summed E-state index contributed by atoms with van der Waals surface area (Å²) in [5.41, 5.74) is 6.50. The number of piperidine rings is 1. The molecule has 3 N–H and O–H groups in total. The minimum atomic E-state index is -0.300. The highest BCUT2D eigenvalue weighted by atomic mass is 16.3. The second-order valence-corrected chi connectivity index (χ2v) is 4.99. The van der Waals surface area contributed by atoms with Crippen LogP contribution in [-0.2, 0) is 4.79 Å². The van der Waals surface area contributed by atoms with Gasteiger partial charge in [0.05, 0.1) is 5.56 Å². The fourth-order valence-electron chi connectivity index (χ4n) is 2.36. The molecule has 0 spiro atoms. The van der Waals surface area contributed by atoms with Crippen molar-refractivity contribution in [2.75, 3.05) is 13.1 Å². The van der Waals surface area contributed by atoms with E-state index in [1.54, 1.807) is 17.0 Å². The topological polar surface area (TPSA) is 83.6 Å². The number of nitrogens with zero attached hydrogens (tertiary/aromatic N) is 1. The molecule has 1 saturated heterocycles. The van der Waals surface area contributed by atoms with Crippen molar-refractivity contribution in [1.82, 2.24) is 4.90 Å². The molecule has 1 heterocycles. The van der Waals surface area contributed by atoms with Gasteiger partial charge in [-0.05, 0) is 31.9 Å². The average Bonchev–Trinajstić information content (AvgIpc) is 2.41. The quantitative estimate of drug-likeness (QED) is 0.835. The van der Waals surface area contributed by atoms with E-state index >= 15 is 0 Å². The Labute approximate surface area is 112 Å². The fraction of sp³-hybridized carbons (Fsp3) is 0.429. The predicted molar refractivity (Wildman–Crippen MR) is 70.7 cm³/mol. The number of hydrogen-bond donors (Lipinski definition) is 2. The Hall–Kier alpha value is -2.04. The van der Waals surface area contributed by atoms with Crippen LogP contribution in [0, 0.1) is 12.8 Å². The molecular formula is C14H18N2O3. The molecule has 102 valence electrons. The number of carbonyl (C=O) groups is 2. The molecule has 5 nitrogen and oxygen atoms in total. The highest BCUT2D eigenvalue weighted by Gasteiger charge is 2.27. The van der Waals surface area contributed by atoms with Gasteiger partial charge in [0.2, 0.25) is 5.91 Å². The van der Waals surface area contributed by atoms with Crippen LogP contribution in [0.15, 0.2) is 18.2 Å². The first-order valence-electron chi connectivity index (χ1n) is 6.37. The number of phenolic OH excluding ortho intramolecular Hbond substituents is 1. The zero-order valence-corrected chi connectivity index (χ0v) is 10.9. The summed E-state index contributed by atoms with van der Waals surface area (Å²) in [7, 11) is 0. The van der Waals surface area contributed by atoms with Crippen molar-refractivity contribution < 1.29 is 14.7 Å². The molecule has 19 heavy (non-hydrogen) atoms. The maximum Gasteiger partial charge on any atom is 0.257 e. The van der Waals surface area contributed by atoms with Crippen LogP contribution in [0.3, 0.4) is 0 Å². The molecule has 0 radical (unpaired) electrons. The second kappa shape index (κ2) is 5.30. The molecule has 2 rings (SSSR count). The maximum atomic E-state index is 12.3. The Bertz CT molecular complexity index is 505. The Balaban J connectivity index is 2.09. The number of aromatic hydroxyl groups is 1. The third kappa shape index (κ3) is 2.86. The molecular weight excluding hydrogens is 244 g/mol. The summed E-state index contributed by atoms with van der Waals surface area (Å²) < 4.78 is 0. The van der Waals surface area contributed by atoms with E-state index in [4.69, 9.17) is 5.73 Å². The molecule has 0 atom stereocenters. The third-order valence-electron chi connectivity index (χ3n) is 3.57. The van der Waals surface area contributed by atoms with Crippen molar-refractivity contribution in [2.45, 2.75) is 19.8 Å². The minimum Gasteiger partial charge on any atom is -0.507 e. The van der Waals surface area contributed by atoms with Crippen LogP contribution < -0.4 is 5.73 Å². The number of aryl methyl sites for hydroxylation is 1. The molecule has 0 aliphatic carbocycles. The number of amides is 2. The molecule has 1 aliphatic heterocycles. The van der Waals surface area contributed by atoms with Gasteiger partial charge in [0.1, 0.15) is 5.75 Å². The van der Waals surface area contributed by atoms with E-state index in [1.165, 1.54) is 6.07 Å². The predicted octanol–water partition coefficient (Wildman–Crippen LogP) is 1.04. The summed E-state index contributed by atoms with van der Waals surface area (Å²) in [6, 6.07) is 4.96. The minimum absolute atomic E-state index is 0.00683. The number of primary amides is 1. The van der Waals surface area contributed by atoms with Crippen molar-refractivity contribution in [1.29, 1.82) is 0 Å². The van der Waals surface area contributed by atoms with Gasteiger partial charge in [-0.3, -0.25) is 9.59 Å². The summed E-state index contributed by atoms with van der Waals surface area (Å²) >= 11 is 0. The number of nitrogens with two attached hydrogens (primary N) is 1. The maximum absolute atomic E-state index is 12.3. The summed E-state index contributed by atoms with van der Waals surface area (Å²) in [4.78, 5) is 25.0. The molecule has 0 unspecified atom stereocenters. The zero-order chi connectivity index (χ0) is 14.0. The molecule has 0 aromatic heterocycles. The van der Waals surface area contributed by atoms with E-state index in [-0.39, 0.29) is 23.5 Å². The van der Waals surface area contributed by atoms with Crippen molar-refractivity contribution in [3.8, 4) is 5.75 Å². The van der Waals surface area contributed by atoms with Gasteiger partial charge in [0, 0.05) is 19.0 Å². The summed E-state index contributed by atoms with van der Waals surface area (Å²) in [6.07, 6.45) is 1.18. The Morgan fingerprint density at radius 2 is 1.95 bits per heavy atom. The van der Waals surface area contributed by atoms with Gasteiger partial charge < -0.3 is 15.7 Å². The van der Waals surface area contributed by atoms with E-state index in [9.17, 15) is 14.7 Å². The van der Waals surface area contributed by atoms with Crippen molar-refractivity contribution in [3.63, 3.8) is 0 Å². The van der Waals surface area contributed by atoms with Crippen LogP contribution in [0.4, 0.5) is 0 Å². The summed E-state index contributed by atoms with van der Waals surface area (Å²) in [5.74, 6) is -0.641. The lowest BCUT2D eigenvalue weighted by atomic mass is 9.95. The van der Waals surface area contributed by atoms with Gasteiger partial charge in [-0.15, -0.1) is 0 Å². The van der Waals surface area contributed by atoms with Gasteiger partial charge in [-0.2, -0.15) is 0 Å². The lowest BCUT2D eigenvalue weighted by Crippen LogP contribution is -2.41. The number of phenols is 1. The van der Waals surface area contributed by atoms with Gasteiger partial charge in [-0.25, -0.2) is 0 Å². The first-order valence-corrected chi connectivity index (χ1v) is 6.37. The lowest BCUT2D eigenvalue weighted by molar-refractivity contribution is -0.123. The van der Waals surface area contributed by atoms with Gasteiger partial charge in [0.25, 0.3) is 5.91 Å². The van der Waals surface area contributed by atoms with Crippen LogP contribution >= 0.6 is 0 Å². The monoisotopic (exact) mass is 262 g/mol. The van der Waals surface area contributed by atoms with Gasteiger partial charge in [-0.1, -0.05) is 11.6 Å². The summed E-state index contributed by atoms with van der Waals surface area (Å²) in [5, 5.41) is 9.75. The summed E-state index contributed by atoms with van der Waals surface area (Å²) in [6.45, 7) is 2.87. The van der Waals surface area contributed by atoms with Gasteiger partial charge >= 0.3 is 0 Å². The highest BCUT2D eigenvalue weighted by Crippen LogP contribution is 2.23. The smallest absolute Gasteiger partial charge is 0.257 e. The van der Waals surface area contributed by atoms with E-state index in [0.717, 1.165) is 5.56 Å². The highest BCUT2D eigenvalue weighted by molar-refractivity contribution is 5.97. The molecule has 1 aliphatic rings. The average molecular weight is 262 g/mol. The first kappa shape index (κ1) is 13.4. The van der Waals surface area contributed by atoms with E-state index < -0.39 is 0 Å². The van der Waals surface area contributed by atoms with Crippen molar-refractivity contribution in [2.24, 2.45) is 11.7 Å². The van der Waals surface area contributed by atoms with E-state index in [2.05, 4.69) is 0 Å². The molecule has 0 saturated carbocycles. The molecule has 1 aromatic carbocycles. The Morgan fingerprint density at radius 3 is 2.53 bits per heavy atom.